The highest BCUT2D eigenvalue weighted by Crippen LogP contribution is 2.14. The molecule has 0 N–H and O–H groups in total. The van der Waals surface area contributed by atoms with Crippen LogP contribution >= 0.6 is 0 Å². The van der Waals surface area contributed by atoms with Gasteiger partial charge in [-0.3, -0.25) is 9.59 Å². The van der Waals surface area contributed by atoms with E-state index in [2.05, 4.69) is 10.2 Å². The van der Waals surface area contributed by atoms with Crippen LogP contribution < -0.4 is 5.43 Å². The van der Waals surface area contributed by atoms with Crippen LogP contribution in [0.4, 0.5) is 4.39 Å². The van der Waals surface area contributed by atoms with Crippen LogP contribution in [0.1, 0.15) is 21.7 Å². The monoisotopic (exact) mass is 417 g/mol. The van der Waals surface area contributed by atoms with Gasteiger partial charge in [0, 0.05) is 37.1 Å². The molecule has 0 unspecified atom stereocenters. The van der Waals surface area contributed by atoms with Gasteiger partial charge >= 0.3 is 0 Å². The second-order valence-electron chi connectivity index (χ2n) is 7.15. The standard InChI is InChI=1S/C23H20FN5O2/c1-16-12-21(30)22(26-29(16)20-11-7-6-10-19(20)24)23(31)27(2)14-17-13-25-28(15-17)18-8-4-3-5-9-18/h3-13,15H,14H2,1-2H3. The zero-order valence-corrected chi connectivity index (χ0v) is 17.1. The fourth-order valence-corrected chi connectivity index (χ4v) is 3.25. The Balaban J connectivity index is 1.60. The third-order valence-electron chi connectivity index (χ3n) is 4.81. The second kappa shape index (κ2) is 8.35. The number of hydrogen-bond donors (Lipinski definition) is 0. The largest absolute Gasteiger partial charge is 0.336 e. The van der Waals surface area contributed by atoms with Gasteiger partial charge in [0.1, 0.15) is 11.5 Å². The zero-order valence-electron chi connectivity index (χ0n) is 17.1. The maximum atomic E-state index is 14.2. The molecule has 0 aliphatic carbocycles. The Morgan fingerprint density at radius 3 is 2.55 bits per heavy atom. The molecular weight excluding hydrogens is 397 g/mol. The van der Waals surface area contributed by atoms with Crippen molar-refractivity contribution in [2.75, 3.05) is 7.05 Å². The summed E-state index contributed by atoms with van der Waals surface area (Å²) in [4.78, 5) is 26.8. The second-order valence-corrected chi connectivity index (χ2v) is 7.15. The molecule has 1 amide bonds. The van der Waals surface area contributed by atoms with Crippen LogP contribution in [-0.2, 0) is 6.54 Å². The van der Waals surface area contributed by atoms with Crippen molar-refractivity contribution in [3.8, 4) is 11.4 Å². The Labute approximate surface area is 178 Å². The molecule has 2 aromatic heterocycles. The summed E-state index contributed by atoms with van der Waals surface area (Å²) in [6.07, 6.45) is 3.48. The van der Waals surface area contributed by atoms with E-state index in [4.69, 9.17) is 0 Å². The van der Waals surface area contributed by atoms with Crippen LogP contribution in [0.15, 0.2) is 77.9 Å². The summed E-state index contributed by atoms with van der Waals surface area (Å²) in [5.41, 5.74) is 1.50. The van der Waals surface area contributed by atoms with Gasteiger partial charge in [0.25, 0.3) is 5.91 Å². The Morgan fingerprint density at radius 1 is 1.10 bits per heavy atom. The van der Waals surface area contributed by atoms with Crippen molar-refractivity contribution in [3.05, 3.63) is 106 Å². The number of nitrogens with zero attached hydrogens (tertiary/aromatic N) is 5. The molecule has 156 valence electrons. The molecule has 4 aromatic rings. The molecule has 0 atom stereocenters. The zero-order chi connectivity index (χ0) is 22.0. The summed E-state index contributed by atoms with van der Waals surface area (Å²) in [5, 5.41) is 8.49. The number of halogens is 1. The Kier molecular flexibility index (Phi) is 5.44. The highest BCUT2D eigenvalue weighted by Gasteiger charge is 2.20. The smallest absolute Gasteiger partial charge is 0.278 e. The lowest BCUT2D eigenvalue weighted by Gasteiger charge is -2.17. The van der Waals surface area contributed by atoms with Crippen LogP contribution in [0.5, 0.6) is 0 Å². The van der Waals surface area contributed by atoms with E-state index in [0.717, 1.165) is 11.3 Å². The minimum atomic E-state index is -0.553. The highest BCUT2D eigenvalue weighted by molar-refractivity contribution is 5.91. The first-order valence-electron chi connectivity index (χ1n) is 9.64. The topological polar surface area (TPSA) is 73.0 Å². The number of aryl methyl sites for hydroxylation is 1. The molecule has 0 saturated carbocycles. The number of aromatic nitrogens is 4. The van der Waals surface area contributed by atoms with Crippen molar-refractivity contribution in [1.29, 1.82) is 0 Å². The van der Waals surface area contributed by atoms with Crippen molar-refractivity contribution >= 4 is 5.91 Å². The molecule has 0 bridgehead atoms. The van der Waals surface area contributed by atoms with Crippen LogP contribution in [-0.4, -0.2) is 37.4 Å². The van der Waals surface area contributed by atoms with E-state index in [-0.39, 0.29) is 17.9 Å². The van der Waals surface area contributed by atoms with Gasteiger partial charge in [-0.25, -0.2) is 13.8 Å². The fraction of sp³-hybridized carbons (Fsp3) is 0.130. The van der Waals surface area contributed by atoms with E-state index in [9.17, 15) is 14.0 Å². The number of rotatable bonds is 5. The van der Waals surface area contributed by atoms with E-state index >= 15 is 0 Å². The first kappa shape index (κ1) is 20.2. The average molecular weight is 417 g/mol. The summed E-state index contributed by atoms with van der Waals surface area (Å²) in [6, 6.07) is 16.9. The number of hydrogen-bond acceptors (Lipinski definition) is 4. The van der Waals surface area contributed by atoms with Crippen molar-refractivity contribution < 1.29 is 9.18 Å². The van der Waals surface area contributed by atoms with Gasteiger partial charge in [-0.1, -0.05) is 30.3 Å². The van der Waals surface area contributed by atoms with E-state index in [1.807, 2.05) is 36.5 Å². The molecule has 2 aromatic carbocycles. The first-order chi connectivity index (χ1) is 14.9. The molecule has 0 aliphatic heterocycles. The number of amides is 1. The highest BCUT2D eigenvalue weighted by atomic mass is 19.1. The van der Waals surface area contributed by atoms with Gasteiger partial charge in [0.2, 0.25) is 5.43 Å². The maximum absolute atomic E-state index is 14.2. The Hall–Kier alpha value is -4.07. The van der Waals surface area contributed by atoms with Crippen molar-refractivity contribution in [3.63, 3.8) is 0 Å². The molecule has 7 nitrogen and oxygen atoms in total. The van der Waals surface area contributed by atoms with Crippen LogP contribution in [0.3, 0.4) is 0 Å². The lowest BCUT2D eigenvalue weighted by atomic mass is 10.2. The minimum absolute atomic E-state index is 0.167. The normalized spacial score (nSPS) is 10.8. The number of para-hydroxylation sites is 2. The molecule has 2 heterocycles. The molecular formula is C23H20FN5O2. The van der Waals surface area contributed by atoms with Crippen molar-refractivity contribution in [2.45, 2.75) is 13.5 Å². The molecule has 31 heavy (non-hydrogen) atoms. The van der Waals surface area contributed by atoms with Crippen LogP contribution in [0, 0.1) is 12.7 Å². The average Bonchev–Trinajstić information content (AvgIpc) is 3.23. The van der Waals surface area contributed by atoms with Crippen molar-refractivity contribution in [2.24, 2.45) is 0 Å². The van der Waals surface area contributed by atoms with Crippen LogP contribution in [0.25, 0.3) is 11.4 Å². The van der Waals surface area contributed by atoms with Gasteiger partial charge in [-0.05, 0) is 31.2 Å². The summed E-state index contributed by atoms with van der Waals surface area (Å²) >= 11 is 0. The number of benzene rings is 2. The summed E-state index contributed by atoms with van der Waals surface area (Å²) in [6.45, 7) is 1.87. The van der Waals surface area contributed by atoms with Gasteiger partial charge in [-0.15, -0.1) is 0 Å². The summed E-state index contributed by atoms with van der Waals surface area (Å²) in [7, 11) is 1.58. The number of carbonyl (C=O) groups excluding carboxylic acids is 1. The minimum Gasteiger partial charge on any atom is -0.336 e. The SMILES string of the molecule is Cc1cc(=O)c(C(=O)N(C)Cc2cnn(-c3ccccc3)c2)nn1-c1ccccc1F. The van der Waals surface area contributed by atoms with Gasteiger partial charge in [-0.2, -0.15) is 10.2 Å². The van der Waals surface area contributed by atoms with Crippen molar-refractivity contribution in [1.82, 2.24) is 24.5 Å². The van der Waals surface area contributed by atoms with E-state index in [0.29, 0.717) is 5.69 Å². The molecule has 0 fully saturated rings. The fourth-order valence-electron chi connectivity index (χ4n) is 3.25. The predicted octanol–water partition coefficient (Wildman–Crippen LogP) is 3.14. The summed E-state index contributed by atoms with van der Waals surface area (Å²) < 4.78 is 17.2. The Morgan fingerprint density at radius 2 is 1.81 bits per heavy atom. The predicted molar refractivity (Wildman–Crippen MR) is 114 cm³/mol. The van der Waals surface area contributed by atoms with E-state index in [1.165, 1.54) is 27.8 Å². The maximum Gasteiger partial charge on any atom is 0.278 e. The lowest BCUT2D eigenvalue weighted by molar-refractivity contribution is 0.0775. The molecule has 8 heteroatoms. The van der Waals surface area contributed by atoms with Gasteiger partial charge < -0.3 is 4.90 Å². The molecule has 0 saturated heterocycles. The molecule has 0 radical (unpaired) electrons. The summed E-state index contributed by atoms with van der Waals surface area (Å²) in [5.74, 6) is -1.05. The van der Waals surface area contributed by atoms with Crippen LogP contribution in [0.2, 0.25) is 0 Å². The number of carbonyl (C=O) groups is 1. The lowest BCUT2D eigenvalue weighted by Crippen LogP contribution is -2.33. The molecule has 4 rings (SSSR count). The quantitative estimate of drug-likeness (QED) is 0.500. The van der Waals surface area contributed by atoms with E-state index < -0.39 is 17.2 Å². The van der Waals surface area contributed by atoms with Gasteiger partial charge in [0.05, 0.1) is 11.9 Å². The third kappa shape index (κ3) is 4.13. The van der Waals surface area contributed by atoms with Gasteiger partial charge in [0.15, 0.2) is 5.69 Å². The first-order valence-corrected chi connectivity index (χ1v) is 9.64. The molecule has 0 spiro atoms. The molecule has 0 aliphatic rings. The third-order valence-corrected chi connectivity index (χ3v) is 4.81. The van der Waals surface area contributed by atoms with E-state index in [1.54, 1.807) is 37.0 Å². The Bertz CT molecular complexity index is 1300.